The van der Waals surface area contributed by atoms with E-state index in [-0.39, 0.29) is 36.0 Å². The smallest absolute Gasteiger partial charge is 0.310 e. The number of hydrogen-bond acceptors (Lipinski definition) is 4. The van der Waals surface area contributed by atoms with Gasteiger partial charge in [-0.1, -0.05) is 45.0 Å². The molecular formula is C21H32O4. The van der Waals surface area contributed by atoms with Gasteiger partial charge in [0.2, 0.25) is 0 Å². The fourth-order valence-electron chi connectivity index (χ4n) is 2.50. The van der Waals surface area contributed by atoms with E-state index < -0.39 is 5.92 Å². The van der Waals surface area contributed by atoms with Crippen molar-refractivity contribution in [1.82, 2.24) is 0 Å². The van der Waals surface area contributed by atoms with Crippen LogP contribution < -0.4 is 0 Å². The lowest BCUT2D eigenvalue weighted by Gasteiger charge is -2.21. The first-order valence-corrected chi connectivity index (χ1v) is 8.98. The summed E-state index contributed by atoms with van der Waals surface area (Å²) in [7, 11) is 0. The molecule has 0 heterocycles. The van der Waals surface area contributed by atoms with Crippen LogP contribution in [-0.2, 0) is 30.9 Å². The van der Waals surface area contributed by atoms with Crippen LogP contribution in [0.5, 0.6) is 0 Å². The van der Waals surface area contributed by atoms with Crippen molar-refractivity contribution < 1.29 is 19.1 Å². The summed E-state index contributed by atoms with van der Waals surface area (Å²) in [5, 5.41) is 0. The third-order valence-electron chi connectivity index (χ3n) is 3.77. The van der Waals surface area contributed by atoms with Gasteiger partial charge >= 0.3 is 11.9 Å². The van der Waals surface area contributed by atoms with Gasteiger partial charge in [0.15, 0.2) is 0 Å². The molecule has 1 atom stereocenters. The Labute approximate surface area is 151 Å². The first kappa shape index (κ1) is 21.2. The standard InChI is InChI=1S/C21H32O4/c1-14(2)24-19(22)13-17(20(23)25-15(3)4)12-16-8-10-18(11-9-16)21(5,6)7/h8-11,14-15,17H,12-13H2,1-7H3. The first-order chi connectivity index (χ1) is 11.5. The van der Waals surface area contributed by atoms with Gasteiger partial charge in [-0.2, -0.15) is 0 Å². The van der Waals surface area contributed by atoms with E-state index in [2.05, 4.69) is 32.9 Å². The third kappa shape index (κ3) is 7.72. The van der Waals surface area contributed by atoms with Crippen molar-refractivity contribution in [2.75, 3.05) is 0 Å². The molecule has 4 heteroatoms. The van der Waals surface area contributed by atoms with E-state index in [9.17, 15) is 9.59 Å². The van der Waals surface area contributed by atoms with Crippen molar-refractivity contribution >= 4 is 11.9 Å². The second-order valence-corrected chi connectivity index (χ2v) is 8.08. The van der Waals surface area contributed by atoms with Crippen molar-refractivity contribution in [2.45, 2.75) is 78.9 Å². The van der Waals surface area contributed by atoms with E-state index in [1.807, 2.05) is 12.1 Å². The van der Waals surface area contributed by atoms with Crippen LogP contribution in [0.1, 0.15) is 66.0 Å². The molecular weight excluding hydrogens is 316 g/mol. The molecule has 0 aliphatic rings. The maximum absolute atomic E-state index is 12.4. The Balaban J connectivity index is 2.88. The Morgan fingerprint density at radius 2 is 1.44 bits per heavy atom. The van der Waals surface area contributed by atoms with Gasteiger partial charge < -0.3 is 9.47 Å². The van der Waals surface area contributed by atoms with Gasteiger partial charge in [-0.15, -0.1) is 0 Å². The van der Waals surface area contributed by atoms with Gasteiger partial charge in [-0.05, 0) is 50.7 Å². The topological polar surface area (TPSA) is 52.6 Å². The molecule has 140 valence electrons. The molecule has 0 spiro atoms. The zero-order chi connectivity index (χ0) is 19.2. The van der Waals surface area contributed by atoms with Gasteiger partial charge in [0, 0.05) is 0 Å². The molecule has 4 nitrogen and oxygen atoms in total. The highest BCUT2D eigenvalue weighted by molar-refractivity contribution is 5.80. The van der Waals surface area contributed by atoms with Crippen molar-refractivity contribution in [2.24, 2.45) is 5.92 Å². The largest absolute Gasteiger partial charge is 0.463 e. The van der Waals surface area contributed by atoms with Gasteiger partial charge in [-0.3, -0.25) is 9.59 Å². The average molecular weight is 348 g/mol. The molecule has 0 saturated heterocycles. The Morgan fingerprint density at radius 3 is 1.88 bits per heavy atom. The summed E-state index contributed by atoms with van der Waals surface area (Å²) < 4.78 is 10.5. The molecule has 0 bridgehead atoms. The molecule has 1 unspecified atom stereocenters. The molecule has 1 rings (SSSR count). The van der Waals surface area contributed by atoms with E-state index in [1.165, 1.54) is 5.56 Å². The van der Waals surface area contributed by atoms with E-state index >= 15 is 0 Å². The Kier molecular flexibility index (Phi) is 7.65. The molecule has 1 aromatic carbocycles. The highest BCUT2D eigenvalue weighted by Gasteiger charge is 2.26. The SMILES string of the molecule is CC(C)OC(=O)CC(Cc1ccc(C(C)(C)C)cc1)C(=O)OC(C)C. The number of carbonyl (C=O) groups is 2. The summed E-state index contributed by atoms with van der Waals surface area (Å²) in [6.45, 7) is 13.7. The van der Waals surface area contributed by atoms with Crippen molar-refractivity contribution in [3.8, 4) is 0 Å². The van der Waals surface area contributed by atoms with Crippen LogP contribution >= 0.6 is 0 Å². The van der Waals surface area contributed by atoms with Crippen LogP contribution in [0.15, 0.2) is 24.3 Å². The number of carbonyl (C=O) groups excluding carboxylic acids is 2. The molecule has 0 amide bonds. The quantitative estimate of drug-likeness (QED) is 0.684. The molecule has 1 aromatic rings. The molecule has 0 aliphatic carbocycles. The van der Waals surface area contributed by atoms with Crippen LogP contribution in [0.25, 0.3) is 0 Å². The van der Waals surface area contributed by atoms with Crippen LogP contribution in [-0.4, -0.2) is 24.1 Å². The second-order valence-electron chi connectivity index (χ2n) is 8.08. The first-order valence-electron chi connectivity index (χ1n) is 8.98. The third-order valence-corrected chi connectivity index (χ3v) is 3.77. The minimum absolute atomic E-state index is 0.0325. The normalized spacial score (nSPS) is 13.0. The second kappa shape index (κ2) is 9.02. The highest BCUT2D eigenvalue weighted by atomic mass is 16.5. The van der Waals surface area contributed by atoms with E-state index in [4.69, 9.17) is 9.47 Å². The Bertz CT molecular complexity index is 565. The zero-order valence-electron chi connectivity index (χ0n) is 16.6. The summed E-state index contributed by atoms with van der Waals surface area (Å²) in [6.07, 6.45) is 0.0909. The minimum Gasteiger partial charge on any atom is -0.463 e. The molecule has 0 fully saturated rings. The summed E-state index contributed by atoms with van der Waals surface area (Å²) in [5.74, 6) is -1.25. The summed E-state index contributed by atoms with van der Waals surface area (Å²) in [4.78, 5) is 24.4. The predicted octanol–water partition coefficient (Wildman–Crippen LogP) is 4.44. The number of benzene rings is 1. The highest BCUT2D eigenvalue weighted by Crippen LogP contribution is 2.24. The van der Waals surface area contributed by atoms with Crippen molar-refractivity contribution in [1.29, 1.82) is 0 Å². The number of hydrogen-bond donors (Lipinski definition) is 0. The molecule has 0 aliphatic heterocycles. The average Bonchev–Trinajstić information content (AvgIpc) is 2.44. The predicted molar refractivity (Wildman–Crippen MR) is 99.4 cm³/mol. The van der Waals surface area contributed by atoms with Gasteiger partial charge in [0.25, 0.3) is 0 Å². The van der Waals surface area contributed by atoms with Crippen LogP contribution in [0.2, 0.25) is 0 Å². The summed E-state index contributed by atoms with van der Waals surface area (Å²) >= 11 is 0. The van der Waals surface area contributed by atoms with Crippen LogP contribution in [0.4, 0.5) is 0 Å². The zero-order valence-corrected chi connectivity index (χ0v) is 16.6. The number of ether oxygens (including phenoxy) is 2. The molecule has 0 radical (unpaired) electrons. The van der Waals surface area contributed by atoms with Gasteiger partial charge in [0.05, 0.1) is 24.5 Å². The molecule has 0 aromatic heterocycles. The Morgan fingerprint density at radius 1 is 0.920 bits per heavy atom. The van der Waals surface area contributed by atoms with Crippen LogP contribution in [0.3, 0.4) is 0 Å². The van der Waals surface area contributed by atoms with Crippen LogP contribution in [0, 0.1) is 5.92 Å². The summed E-state index contributed by atoms with van der Waals surface area (Å²) in [5.41, 5.74) is 2.32. The van der Waals surface area contributed by atoms with E-state index in [0.29, 0.717) is 6.42 Å². The Hall–Kier alpha value is -1.84. The van der Waals surface area contributed by atoms with Gasteiger partial charge in [-0.25, -0.2) is 0 Å². The maximum atomic E-state index is 12.4. The van der Waals surface area contributed by atoms with Crippen molar-refractivity contribution in [3.63, 3.8) is 0 Å². The molecule has 0 saturated carbocycles. The fraction of sp³-hybridized carbons (Fsp3) is 0.619. The lowest BCUT2D eigenvalue weighted by Crippen LogP contribution is -2.27. The molecule has 25 heavy (non-hydrogen) atoms. The minimum atomic E-state index is -0.533. The fourth-order valence-corrected chi connectivity index (χ4v) is 2.50. The van der Waals surface area contributed by atoms with Gasteiger partial charge in [0.1, 0.15) is 0 Å². The monoisotopic (exact) mass is 348 g/mol. The number of rotatable bonds is 7. The van der Waals surface area contributed by atoms with Crippen molar-refractivity contribution in [3.05, 3.63) is 35.4 Å². The maximum Gasteiger partial charge on any atom is 0.310 e. The number of esters is 2. The van der Waals surface area contributed by atoms with E-state index in [0.717, 1.165) is 5.56 Å². The lowest BCUT2D eigenvalue weighted by molar-refractivity contribution is -0.159. The summed E-state index contributed by atoms with van der Waals surface area (Å²) in [6, 6.07) is 8.19. The van der Waals surface area contributed by atoms with E-state index in [1.54, 1.807) is 27.7 Å². The lowest BCUT2D eigenvalue weighted by atomic mass is 9.86. The molecule has 0 N–H and O–H groups in total.